The summed E-state index contributed by atoms with van der Waals surface area (Å²) in [5.74, 6) is -0.0842. The van der Waals surface area contributed by atoms with Crippen LogP contribution in [0.25, 0.3) is 0 Å². The number of amides is 1. The molecule has 1 rings (SSSR count). The number of nitrogens with one attached hydrogen (secondary N) is 3. The fourth-order valence-corrected chi connectivity index (χ4v) is 8.08. The van der Waals surface area contributed by atoms with Crippen molar-refractivity contribution in [2.45, 2.75) is 91.5 Å². The van der Waals surface area contributed by atoms with E-state index in [9.17, 15) is 14.4 Å². The van der Waals surface area contributed by atoms with Gasteiger partial charge in [-0.2, -0.15) is 0 Å². The van der Waals surface area contributed by atoms with Crippen molar-refractivity contribution in [3.05, 3.63) is 16.3 Å². The Bertz CT molecular complexity index is 801. The molecule has 0 aliphatic heterocycles. The molecule has 1 aromatic carbocycles. The molecule has 0 spiro atoms. The number of hydrogen-bond donors (Lipinski definition) is 3. The van der Waals surface area contributed by atoms with Gasteiger partial charge in [0.05, 0.1) is 40.7 Å². The zero-order chi connectivity index (χ0) is 25.7. The highest BCUT2D eigenvalue weighted by molar-refractivity contribution is 14.1. The number of anilines is 2. The van der Waals surface area contributed by atoms with Gasteiger partial charge in [-0.25, -0.2) is 0 Å². The number of hydrogen-bond acceptors (Lipinski definition) is 5. The first-order valence-corrected chi connectivity index (χ1v) is 15.3. The number of ketones is 2. The van der Waals surface area contributed by atoms with Crippen molar-refractivity contribution < 1.29 is 14.4 Å². The smallest absolute Gasteiger partial charge is 0.253 e. The zero-order valence-corrected chi connectivity index (χ0v) is 27.2. The SMILES string of the molecule is CCCCCCCCC(CCC)NC(=O)c1c(I)c(NCC(C)=O)c(I)c(NCC(C)=O)c1I. The Balaban J connectivity index is 3.16. The van der Waals surface area contributed by atoms with Gasteiger partial charge in [0.25, 0.3) is 5.91 Å². The van der Waals surface area contributed by atoms with Gasteiger partial charge >= 0.3 is 0 Å². The molecule has 0 saturated carbocycles. The van der Waals surface area contributed by atoms with Crippen molar-refractivity contribution in [3.8, 4) is 0 Å². The van der Waals surface area contributed by atoms with Gasteiger partial charge < -0.3 is 16.0 Å². The lowest BCUT2D eigenvalue weighted by Gasteiger charge is -2.23. The molecule has 0 bridgehead atoms. The lowest BCUT2D eigenvalue weighted by atomic mass is 10.0. The van der Waals surface area contributed by atoms with E-state index in [-0.39, 0.29) is 36.6 Å². The first-order chi connectivity index (χ1) is 16.1. The van der Waals surface area contributed by atoms with Crippen LogP contribution in [0.2, 0.25) is 0 Å². The topological polar surface area (TPSA) is 87.3 Å². The quantitative estimate of drug-likeness (QED) is 0.115. The molecule has 0 aliphatic rings. The minimum atomic E-state index is -0.105. The fraction of sp³-hybridized carbons (Fsp3) is 0.640. The van der Waals surface area contributed by atoms with Crippen molar-refractivity contribution in [1.29, 1.82) is 0 Å². The molecular formula is C25H38I3N3O3. The zero-order valence-electron chi connectivity index (χ0n) is 20.7. The molecule has 1 atom stereocenters. The third-order valence-corrected chi connectivity index (χ3v) is 8.69. The van der Waals surface area contributed by atoms with Gasteiger partial charge in [0.1, 0.15) is 11.6 Å². The largest absolute Gasteiger partial charge is 0.376 e. The van der Waals surface area contributed by atoms with Gasteiger partial charge in [0, 0.05) is 6.04 Å². The summed E-state index contributed by atoms with van der Waals surface area (Å²) in [5.41, 5.74) is 2.08. The lowest BCUT2D eigenvalue weighted by molar-refractivity contribution is -0.116. The standard InChI is InChI=1S/C25H38I3N3O3/c1-5-7-8-9-10-11-13-18(12-6-2)31-25(34)19-20(26)23(29-14-16(3)32)22(28)24(21(19)27)30-15-17(4)33/h18,29-30H,5-15H2,1-4H3,(H,31,34). The van der Waals surface area contributed by atoms with E-state index >= 15 is 0 Å². The van der Waals surface area contributed by atoms with Gasteiger partial charge in [-0.15, -0.1) is 0 Å². The molecule has 0 aromatic heterocycles. The number of halogens is 3. The van der Waals surface area contributed by atoms with Crippen LogP contribution in [0.1, 0.15) is 95.8 Å². The Kier molecular flexibility index (Phi) is 16.2. The Hall–Kier alpha value is -0.180. The second-order valence-electron chi connectivity index (χ2n) is 8.69. The monoisotopic (exact) mass is 809 g/mol. The average Bonchev–Trinajstić information content (AvgIpc) is 2.75. The number of rotatable bonds is 17. The van der Waals surface area contributed by atoms with Gasteiger partial charge in [-0.3, -0.25) is 14.4 Å². The molecule has 192 valence electrons. The normalized spacial score (nSPS) is 11.7. The van der Waals surface area contributed by atoms with Crippen molar-refractivity contribution in [3.63, 3.8) is 0 Å². The summed E-state index contributed by atoms with van der Waals surface area (Å²) in [6.45, 7) is 7.78. The summed E-state index contributed by atoms with van der Waals surface area (Å²) in [6, 6.07) is 0.136. The van der Waals surface area contributed by atoms with E-state index in [4.69, 9.17) is 0 Å². The predicted octanol–water partition coefficient (Wildman–Crippen LogP) is 7.15. The number of carbonyl (C=O) groups excluding carboxylic acids is 3. The minimum absolute atomic E-state index is 0.0105. The Morgan fingerprint density at radius 1 is 0.706 bits per heavy atom. The van der Waals surface area contributed by atoms with E-state index < -0.39 is 0 Å². The van der Waals surface area contributed by atoms with Crippen LogP contribution in [-0.2, 0) is 9.59 Å². The van der Waals surface area contributed by atoms with E-state index in [0.29, 0.717) is 5.56 Å². The molecular weight excluding hydrogens is 771 g/mol. The molecule has 0 radical (unpaired) electrons. The third-order valence-electron chi connectivity index (χ3n) is 5.45. The van der Waals surface area contributed by atoms with Crippen molar-refractivity contribution in [2.24, 2.45) is 0 Å². The summed E-state index contributed by atoms with van der Waals surface area (Å²) < 4.78 is 2.43. The summed E-state index contributed by atoms with van der Waals surface area (Å²) in [7, 11) is 0. The summed E-state index contributed by atoms with van der Waals surface area (Å²) >= 11 is 6.59. The van der Waals surface area contributed by atoms with E-state index in [1.165, 1.54) is 46.0 Å². The first-order valence-electron chi connectivity index (χ1n) is 12.1. The molecule has 0 saturated heterocycles. The maximum absolute atomic E-state index is 13.5. The molecule has 34 heavy (non-hydrogen) atoms. The van der Waals surface area contributed by atoms with Crippen LogP contribution < -0.4 is 16.0 Å². The van der Waals surface area contributed by atoms with Crippen LogP contribution >= 0.6 is 67.8 Å². The number of carbonyl (C=O) groups is 3. The maximum atomic E-state index is 13.5. The first kappa shape index (κ1) is 31.8. The van der Waals surface area contributed by atoms with Gasteiger partial charge in [0.2, 0.25) is 0 Å². The van der Waals surface area contributed by atoms with E-state index in [1.807, 2.05) is 0 Å². The van der Waals surface area contributed by atoms with Crippen molar-refractivity contribution >= 4 is 96.6 Å². The van der Waals surface area contributed by atoms with Gasteiger partial charge in [-0.05, 0) is 94.5 Å². The van der Waals surface area contributed by atoms with E-state index in [2.05, 4.69) is 97.6 Å². The molecule has 0 heterocycles. The predicted molar refractivity (Wildman–Crippen MR) is 167 cm³/mol. The number of benzene rings is 1. The van der Waals surface area contributed by atoms with Gasteiger partial charge in [0.15, 0.2) is 0 Å². The van der Waals surface area contributed by atoms with Crippen LogP contribution in [0.4, 0.5) is 11.4 Å². The molecule has 0 aliphatic carbocycles. The molecule has 9 heteroatoms. The molecule has 1 aromatic rings. The summed E-state index contributed by atoms with van der Waals surface area (Å²) in [5, 5.41) is 9.67. The molecule has 1 amide bonds. The van der Waals surface area contributed by atoms with E-state index in [0.717, 1.165) is 47.8 Å². The Morgan fingerprint density at radius 3 is 1.68 bits per heavy atom. The van der Waals surface area contributed by atoms with Crippen LogP contribution in [0.5, 0.6) is 0 Å². The summed E-state index contributed by atoms with van der Waals surface area (Å²) in [6.07, 6.45) is 10.3. The van der Waals surface area contributed by atoms with Crippen molar-refractivity contribution in [2.75, 3.05) is 23.7 Å². The highest BCUT2D eigenvalue weighted by atomic mass is 127. The van der Waals surface area contributed by atoms with Crippen LogP contribution in [0, 0.1) is 10.7 Å². The second-order valence-corrected chi connectivity index (χ2v) is 11.9. The van der Waals surface area contributed by atoms with Gasteiger partial charge in [-0.1, -0.05) is 58.8 Å². The second kappa shape index (κ2) is 17.3. The molecule has 6 nitrogen and oxygen atoms in total. The lowest BCUT2D eigenvalue weighted by Crippen LogP contribution is -2.36. The molecule has 3 N–H and O–H groups in total. The number of unbranched alkanes of at least 4 members (excludes halogenated alkanes) is 5. The highest BCUT2D eigenvalue weighted by Gasteiger charge is 2.26. The minimum Gasteiger partial charge on any atom is -0.376 e. The van der Waals surface area contributed by atoms with Crippen LogP contribution in [0.15, 0.2) is 0 Å². The average molecular weight is 809 g/mol. The van der Waals surface area contributed by atoms with Crippen LogP contribution in [-0.4, -0.2) is 36.6 Å². The maximum Gasteiger partial charge on any atom is 0.253 e. The Morgan fingerprint density at radius 2 is 1.21 bits per heavy atom. The fourth-order valence-electron chi connectivity index (χ4n) is 3.67. The summed E-state index contributed by atoms with van der Waals surface area (Å²) in [4.78, 5) is 36.8. The highest BCUT2D eigenvalue weighted by Crippen LogP contribution is 2.39. The van der Waals surface area contributed by atoms with Crippen LogP contribution in [0.3, 0.4) is 0 Å². The third kappa shape index (κ3) is 10.8. The number of Topliss-reactive ketones (excluding diaryl/α,β-unsaturated/α-hetero) is 2. The van der Waals surface area contributed by atoms with E-state index in [1.54, 1.807) is 0 Å². The van der Waals surface area contributed by atoms with Crippen molar-refractivity contribution in [1.82, 2.24) is 5.32 Å². The molecule has 1 unspecified atom stereocenters. The Labute approximate surface area is 245 Å². The molecule has 0 fully saturated rings.